The van der Waals surface area contributed by atoms with E-state index in [-0.39, 0.29) is 5.91 Å². The van der Waals surface area contributed by atoms with E-state index in [1.54, 1.807) is 12.5 Å². The number of hydrogen-bond donors (Lipinski definition) is 1. The van der Waals surface area contributed by atoms with Gasteiger partial charge in [0.2, 0.25) is 0 Å². The largest absolute Gasteiger partial charge is 0.347 e. The molecule has 0 saturated heterocycles. The Labute approximate surface area is 133 Å². The number of hydrogen-bond acceptors (Lipinski definition) is 3. The Morgan fingerprint density at radius 2 is 2.00 bits per heavy atom. The van der Waals surface area contributed by atoms with Gasteiger partial charge in [-0.3, -0.25) is 4.79 Å². The zero-order chi connectivity index (χ0) is 15.4. The predicted octanol–water partition coefficient (Wildman–Crippen LogP) is 3.23. The summed E-state index contributed by atoms with van der Waals surface area (Å²) in [5, 5.41) is 4.90. The summed E-state index contributed by atoms with van der Waals surface area (Å²) in [5.74, 6) is -0.00464. The first-order valence-electron chi connectivity index (χ1n) is 7.08. The van der Waals surface area contributed by atoms with Crippen molar-refractivity contribution in [2.24, 2.45) is 0 Å². The fourth-order valence-electron chi connectivity index (χ4n) is 2.22. The van der Waals surface area contributed by atoms with Crippen molar-refractivity contribution in [3.05, 3.63) is 76.0 Å². The molecule has 0 bridgehead atoms. The number of nitrogens with one attached hydrogen (secondary N) is 1. The highest BCUT2D eigenvalue weighted by Gasteiger charge is 2.09. The molecule has 1 N–H and O–H groups in total. The van der Waals surface area contributed by atoms with E-state index < -0.39 is 0 Å². The number of carbonyl (C=O) groups is 1. The average Bonchev–Trinajstić information content (AvgIpc) is 3.18. The number of rotatable bonds is 5. The second-order valence-electron chi connectivity index (χ2n) is 5.17. The minimum atomic E-state index is -0.00464. The second-order valence-corrected chi connectivity index (χ2v) is 6.08. The van der Waals surface area contributed by atoms with Crippen molar-refractivity contribution in [1.29, 1.82) is 0 Å². The first-order chi connectivity index (χ1) is 10.7. The van der Waals surface area contributed by atoms with Crippen LogP contribution in [0.15, 0.2) is 54.4 Å². The third kappa shape index (κ3) is 3.43. The Hall–Kier alpha value is -2.40. The van der Waals surface area contributed by atoms with Crippen molar-refractivity contribution in [3.8, 4) is 0 Å². The number of imidazole rings is 1. The Morgan fingerprint density at radius 3 is 2.64 bits per heavy atom. The van der Waals surface area contributed by atoms with Crippen LogP contribution in [0.25, 0.3) is 0 Å². The molecule has 2 aromatic heterocycles. The highest BCUT2D eigenvalue weighted by Crippen LogP contribution is 2.15. The lowest BCUT2D eigenvalue weighted by molar-refractivity contribution is 0.0954. The maximum atomic E-state index is 12.1. The Morgan fingerprint density at radius 1 is 1.23 bits per heavy atom. The van der Waals surface area contributed by atoms with Gasteiger partial charge in [-0.05, 0) is 35.1 Å². The topological polar surface area (TPSA) is 46.9 Å². The van der Waals surface area contributed by atoms with E-state index in [1.807, 2.05) is 41.3 Å². The van der Waals surface area contributed by atoms with Crippen molar-refractivity contribution in [3.63, 3.8) is 0 Å². The second kappa shape index (κ2) is 6.58. The summed E-state index contributed by atoms with van der Waals surface area (Å²) in [5.41, 5.74) is 3.33. The Kier molecular flexibility index (Phi) is 4.34. The van der Waals surface area contributed by atoms with E-state index >= 15 is 0 Å². The Balaban J connectivity index is 1.57. The van der Waals surface area contributed by atoms with Gasteiger partial charge < -0.3 is 9.88 Å². The molecule has 0 spiro atoms. The van der Waals surface area contributed by atoms with E-state index in [0.29, 0.717) is 6.54 Å². The summed E-state index contributed by atoms with van der Waals surface area (Å²) in [6.07, 6.45) is 5.52. The summed E-state index contributed by atoms with van der Waals surface area (Å²) in [6.45, 7) is 3.30. The van der Waals surface area contributed by atoms with E-state index in [0.717, 1.165) is 22.5 Å². The van der Waals surface area contributed by atoms with Gasteiger partial charge in [0.1, 0.15) is 0 Å². The van der Waals surface area contributed by atoms with Crippen molar-refractivity contribution < 1.29 is 4.79 Å². The number of nitrogens with zero attached hydrogens (tertiary/aromatic N) is 2. The van der Waals surface area contributed by atoms with E-state index in [2.05, 4.69) is 22.4 Å². The highest BCUT2D eigenvalue weighted by molar-refractivity contribution is 7.12. The molecule has 0 fully saturated rings. The van der Waals surface area contributed by atoms with Crippen molar-refractivity contribution in [1.82, 2.24) is 14.9 Å². The molecular weight excluding hydrogens is 294 g/mol. The first kappa shape index (κ1) is 14.5. The van der Waals surface area contributed by atoms with Gasteiger partial charge in [0.25, 0.3) is 5.91 Å². The molecule has 1 aromatic carbocycles. The van der Waals surface area contributed by atoms with Gasteiger partial charge in [-0.1, -0.05) is 24.3 Å². The summed E-state index contributed by atoms with van der Waals surface area (Å²) >= 11 is 1.48. The monoisotopic (exact) mass is 311 g/mol. The van der Waals surface area contributed by atoms with Gasteiger partial charge in [-0.25, -0.2) is 4.98 Å². The zero-order valence-corrected chi connectivity index (χ0v) is 13.1. The van der Waals surface area contributed by atoms with Crippen LogP contribution in [0.3, 0.4) is 0 Å². The fraction of sp³-hybridized carbons (Fsp3) is 0.176. The number of thiophene rings is 1. The van der Waals surface area contributed by atoms with E-state index in [4.69, 9.17) is 0 Å². The van der Waals surface area contributed by atoms with Gasteiger partial charge in [0, 0.05) is 25.5 Å². The SMILES string of the molecule is Cc1ccsc1C(=O)NCc1ccc(Cn2ccnc2)cc1. The summed E-state index contributed by atoms with van der Waals surface area (Å²) < 4.78 is 2.02. The molecule has 0 radical (unpaired) electrons. The fourth-order valence-corrected chi connectivity index (χ4v) is 3.06. The normalized spacial score (nSPS) is 10.6. The molecule has 1 amide bonds. The van der Waals surface area contributed by atoms with Gasteiger partial charge in [0.05, 0.1) is 11.2 Å². The molecule has 5 heteroatoms. The van der Waals surface area contributed by atoms with Crippen LogP contribution in [0.4, 0.5) is 0 Å². The van der Waals surface area contributed by atoms with Crippen molar-refractivity contribution in [2.45, 2.75) is 20.0 Å². The zero-order valence-electron chi connectivity index (χ0n) is 12.3. The van der Waals surface area contributed by atoms with Crippen LogP contribution < -0.4 is 5.32 Å². The lowest BCUT2D eigenvalue weighted by Crippen LogP contribution is -2.22. The average molecular weight is 311 g/mol. The van der Waals surface area contributed by atoms with Gasteiger partial charge in [-0.15, -0.1) is 11.3 Å². The van der Waals surface area contributed by atoms with Crippen molar-refractivity contribution in [2.75, 3.05) is 0 Å². The maximum Gasteiger partial charge on any atom is 0.261 e. The summed E-state index contributed by atoms with van der Waals surface area (Å²) in [4.78, 5) is 16.9. The van der Waals surface area contributed by atoms with E-state index in [1.165, 1.54) is 16.9 Å². The molecule has 22 heavy (non-hydrogen) atoms. The number of benzene rings is 1. The molecule has 0 saturated carbocycles. The van der Waals surface area contributed by atoms with Crippen LogP contribution in [-0.4, -0.2) is 15.5 Å². The van der Waals surface area contributed by atoms with Crippen LogP contribution in [0.1, 0.15) is 26.4 Å². The predicted molar refractivity (Wildman–Crippen MR) is 88.0 cm³/mol. The lowest BCUT2D eigenvalue weighted by atomic mass is 10.1. The molecule has 4 nitrogen and oxygen atoms in total. The molecule has 112 valence electrons. The van der Waals surface area contributed by atoms with E-state index in [9.17, 15) is 4.79 Å². The van der Waals surface area contributed by atoms with Crippen LogP contribution in [0.2, 0.25) is 0 Å². The lowest BCUT2D eigenvalue weighted by Gasteiger charge is -2.07. The number of amides is 1. The minimum Gasteiger partial charge on any atom is -0.347 e. The molecular formula is C17H17N3OS. The third-order valence-electron chi connectivity index (χ3n) is 3.47. The summed E-state index contributed by atoms with van der Waals surface area (Å²) in [6, 6.07) is 10.2. The minimum absolute atomic E-state index is 0.00464. The molecule has 0 aliphatic heterocycles. The number of aryl methyl sites for hydroxylation is 1. The standard InChI is InChI=1S/C17H17N3OS/c1-13-6-9-22-16(13)17(21)19-10-14-2-4-15(5-3-14)11-20-8-7-18-12-20/h2-9,12H,10-11H2,1H3,(H,19,21). The number of carbonyl (C=O) groups excluding carboxylic acids is 1. The quantitative estimate of drug-likeness (QED) is 0.786. The number of aromatic nitrogens is 2. The third-order valence-corrected chi connectivity index (χ3v) is 4.48. The first-order valence-corrected chi connectivity index (χ1v) is 7.96. The van der Waals surface area contributed by atoms with Gasteiger partial charge >= 0.3 is 0 Å². The van der Waals surface area contributed by atoms with Crippen LogP contribution >= 0.6 is 11.3 Å². The molecule has 3 aromatic rings. The molecule has 0 atom stereocenters. The molecule has 0 aliphatic carbocycles. The van der Waals surface area contributed by atoms with Crippen molar-refractivity contribution >= 4 is 17.2 Å². The van der Waals surface area contributed by atoms with Gasteiger partial charge in [-0.2, -0.15) is 0 Å². The Bertz CT molecular complexity index is 745. The highest BCUT2D eigenvalue weighted by atomic mass is 32.1. The van der Waals surface area contributed by atoms with Crippen LogP contribution in [-0.2, 0) is 13.1 Å². The smallest absolute Gasteiger partial charge is 0.261 e. The molecule has 3 rings (SSSR count). The maximum absolute atomic E-state index is 12.1. The van der Waals surface area contributed by atoms with Gasteiger partial charge in [0.15, 0.2) is 0 Å². The van der Waals surface area contributed by atoms with Crippen LogP contribution in [0, 0.1) is 6.92 Å². The molecule has 2 heterocycles. The molecule has 0 unspecified atom stereocenters. The van der Waals surface area contributed by atoms with Crippen LogP contribution in [0.5, 0.6) is 0 Å². The molecule has 0 aliphatic rings. The summed E-state index contributed by atoms with van der Waals surface area (Å²) in [7, 11) is 0.